The van der Waals surface area contributed by atoms with Crippen LogP contribution in [0.4, 0.5) is 0 Å². The molecule has 2 rings (SSSR count). The van der Waals surface area contributed by atoms with Gasteiger partial charge in [0.25, 0.3) is 0 Å². The maximum Gasteiger partial charge on any atom is 0.0419 e. The molecule has 1 aromatic rings. The fourth-order valence-electron chi connectivity index (χ4n) is 2.99. The maximum absolute atomic E-state index is 6.45. The Morgan fingerprint density at radius 1 is 1.28 bits per heavy atom. The van der Waals surface area contributed by atoms with Crippen molar-refractivity contribution in [2.45, 2.75) is 64.8 Å². The summed E-state index contributed by atoms with van der Waals surface area (Å²) in [7, 11) is 0. The molecule has 1 aliphatic carbocycles. The number of hydrogen-bond acceptors (Lipinski definition) is 2. The Hall–Kier alpha value is -0.890. The molecule has 0 saturated heterocycles. The van der Waals surface area contributed by atoms with Crippen molar-refractivity contribution in [2.24, 2.45) is 11.1 Å². The van der Waals surface area contributed by atoms with Gasteiger partial charge in [-0.2, -0.15) is 0 Å². The molecule has 1 heterocycles. The first-order valence-corrected chi connectivity index (χ1v) is 7.33. The molecule has 100 valence electrons. The van der Waals surface area contributed by atoms with Crippen LogP contribution in [0.3, 0.4) is 0 Å². The van der Waals surface area contributed by atoms with Gasteiger partial charge in [-0.05, 0) is 36.3 Å². The monoisotopic (exact) mass is 246 g/mol. The van der Waals surface area contributed by atoms with Gasteiger partial charge in [0.2, 0.25) is 0 Å². The van der Waals surface area contributed by atoms with E-state index in [0.29, 0.717) is 5.41 Å². The normalized spacial score (nSPS) is 20.6. The van der Waals surface area contributed by atoms with Crippen molar-refractivity contribution in [3.05, 3.63) is 29.6 Å². The molecule has 0 spiro atoms. The zero-order chi connectivity index (χ0) is 13.0. The van der Waals surface area contributed by atoms with Gasteiger partial charge in [0.1, 0.15) is 0 Å². The van der Waals surface area contributed by atoms with E-state index in [4.69, 9.17) is 5.73 Å². The third kappa shape index (κ3) is 3.11. The van der Waals surface area contributed by atoms with Crippen LogP contribution >= 0.6 is 0 Å². The second-order valence-electron chi connectivity index (χ2n) is 6.04. The second kappa shape index (κ2) is 5.83. The van der Waals surface area contributed by atoms with Gasteiger partial charge in [0, 0.05) is 24.4 Å². The highest BCUT2D eigenvalue weighted by Gasteiger charge is 2.33. The molecule has 1 aliphatic rings. The predicted octanol–water partition coefficient (Wildman–Crippen LogP) is 3.48. The molecule has 0 amide bonds. The molecule has 0 radical (unpaired) electrons. The van der Waals surface area contributed by atoms with E-state index >= 15 is 0 Å². The van der Waals surface area contributed by atoms with E-state index < -0.39 is 0 Å². The van der Waals surface area contributed by atoms with Crippen LogP contribution in [0, 0.1) is 5.41 Å². The van der Waals surface area contributed by atoms with E-state index in [1.54, 1.807) is 0 Å². The van der Waals surface area contributed by atoms with Crippen molar-refractivity contribution in [1.82, 2.24) is 4.98 Å². The van der Waals surface area contributed by atoms with E-state index in [0.717, 1.165) is 18.5 Å². The van der Waals surface area contributed by atoms with Gasteiger partial charge in [0.05, 0.1) is 0 Å². The summed E-state index contributed by atoms with van der Waals surface area (Å²) in [5.41, 5.74) is 9.21. The number of aromatic nitrogens is 1. The lowest BCUT2D eigenvalue weighted by atomic mass is 9.69. The van der Waals surface area contributed by atoms with E-state index in [1.807, 2.05) is 6.20 Å². The first-order valence-electron chi connectivity index (χ1n) is 7.33. The number of hydrogen-bond donors (Lipinski definition) is 1. The Labute approximate surface area is 111 Å². The fourth-order valence-corrected chi connectivity index (χ4v) is 2.99. The molecule has 18 heavy (non-hydrogen) atoms. The van der Waals surface area contributed by atoms with Gasteiger partial charge in [0.15, 0.2) is 0 Å². The smallest absolute Gasteiger partial charge is 0.0419 e. The topological polar surface area (TPSA) is 38.9 Å². The Morgan fingerprint density at radius 2 is 2.00 bits per heavy atom. The molecule has 0 bridgehead atoms. The summed E-state index contributed by atoms with van der Waals surface area (Å²) in [5.74, 6) is 0. The van der Waals surface area contributed by atoms with Gasteiger partial charge in [-0.25, -0.2) is 0 Å². The molecule has 2 N–H and O–H groups in total. The van der Waals surface area contributed by atoms with E-state index in [-0.39, 0.29) is 6.04 Å². The summed E-state index contributed by atoms with van der Waals surface area (Å²) in [5, 5.41) is 0. The molecule has 0 aliphatic heterocycles. The summed E-state index contributed by atoms with van der Waals surface area (Å²) in [6.45, 7) is 4.52. The molecule has 1 aromatic heterocycles. The van der Waals surface area contributed by atoms with Crippen molar-refractivity contribution < 1.29 is 0 Å². The molecular formula is C16H26N2. The standard InChI is InChI=1S/C16H26N2/c1-3-13-7-8-14(18-12-13)11-15(17)16(2)9-5-4-6-10-16/h7-8,12,15H,3-6,9-11,17H2,1-2H3. The second-order valence-corrected chi connectivity index (χ2v) is 6.04. The van der Waals surface area contributed by atoms with Crippen molar-refractivity contribution in [2.75, 3.05) is 0 Å². The Morgan fingerprint density at radius 3 is 2.56 bits per heavy atom. The lowest BCUT2D eigenvalue weighted by molar-refractivity contribution is 0.168. The van der Waals surface area contributed by atoms with Crippen molar-refractivity contribution in [3.8, 4) is 0 Å². The van der Waals surface area contributed by atoms with Crippen LogP contribution < -0.4 is 5.73 Å². The number of rotatable bonds is 4. The van der Waals surface area contributed by atoms with Crippen molar-refractivity contribution in [1.29, 1.82) is 0 Å². The number of nitrogens with two attached hydrogens (primary N) is 1. The zero-order valence-electron chi connectivity index (χ0n) is 11.8. The number of nitrogens with zero attached hydrogens (tertiary/aromatic N) is 1. The molecular weight excluding hydrogens is 220 g/mol. The van der Waals surface area contributed by atoms with Gasteiger partial charge in [-0.1, -0.05) is 39.2 Å². The SMILES string of the molecule is CCc1ccc(CC(N)C2(C)CCCCC2)nc1. The highest BCUT2D eigenvalue weighted by molar-refractivity contribution is 5.15. The number of pyridine rings is 1. The van der Waals surface area contributed by atoms with Gasteiger partial charge in [-0.15, -0.1) is 0 Å². The average Bonchev–Trinajstić information content (AvgIpc) is 2.40. The van der Waals surface area contributed by atoms with Crippen LogP contribution in [0.5, 0.6) is 0 Å². The first-order chi connectivity index (χ1) is 8.64. The zero-order valence-corrected chi connectivity index (χ0v) is 11.8. The fraction of sp³-hybridized carbons (Fsp3) is 0.688. The van der Waals surface area contributed by atoms with E-state index in [1.165, 1.54) is 37.7 Å². The van der Waals surface area contributed by atoms with E-state index in [9.17, 15) is 0 Å². The van der Waals surface area contributed by atoms with Crippen LogP contribution in [-0.4, -0.2) is 11.0 Å². The first kappa shape index (κ1) is 13.5. The lowest BCUT2D eigenvalue weighted by Gasteiger charge is -2.38. The average molecular weight is 246 g/mol. The quantitative estimate of drug-likeness (QED) is 0.883. The Bertz CT molecular complexity index is 363. The minimum absolute atomic E-state index is 0.248. The minimum atomic E-state index is 0.248. The largest absolute Gasteiger partial charge is 0.327 e. The Balaban J connectivity index is 1.98. The highest BCUT2D eigenvalue weighted by atomic mass is 14.7. The molecule has 0 aromatic carbocycles. The summed E-state index contributed by atoms with van der Waals surface area (Å²) in [4.78, 5) is 4.54. The number of aryl methyl sites for hydroxylation is 1. The van der Waals surface area contributed by atoms with Crippen LogP contribution in [0.2, 0.25) is 0 Å². The summed E-state index contributed by atoms with van der Waals surface area (Å²) < 4.78 is 0. The Kier molecular flexibility index (Phi) is 4.39. The molecule has 2 heteroatoms. The van der Waals surface area contributed by atoms with Crippen molar-refractivity contribution in [3.63, 3.8) is 0 Å². The van der Waals surface area contributed by atoms with Gasteiger partial charge < -0.3 is 5.73 Å². The molecule has 2 nitrogen and oxygen atoms in total. The summed E-state index contributed by atoms with van der Waals surface area (Å²) in [6, 6.07) is 4.57. The minimum Gasteiger partial charge on any atom is -0.327 e. The van der Waals surface area contributed by atoms with Crippen LogP contribution in [0.1, 0.15) is 57.2 Å². The predicted molar refractivity (Wildman–Crippen MR) is 76.5 cm³/mol. The molecule has 1 unspecified atom stereocenters. The molecule has 1 saturated carbocycles. The van der Waals surface area contributed by atoms with Gasteiger partial charge in [-0.3, -0.25) is 4.98 Å². The lowest BCUT2D eigenvalue weighted by Crippen LogP contribution is -2.42. The molecule has 1 fully saturated rings. The molecule has 1 atom stereocenters. The highest BCUT2D eigenvalue weighted by Crippen LogP contribution is 2.38. The summed E-state index contributed by atoms with van der Waals surface area (Å²) in [6.07, 6.45) is 10.6. The maximum atomic E-state index is 6.45. The van der Waals surface area contributed by atoms with Crippen LogP contribution in [-0.2, 0) is 12.8 Å². The van der Waals surface area contributed by atoms with Crippen LogP contribution in [0.25, 0.3) is 0 Å². The van der Waals surface area contributed by atoms with Crippen molar-refractivity contribution >= 4 is 0 Å². The third-order valence-corrected chi connectivity index (χ3v) is 4.61. The summed E-state index contributed by atoms with van der Waals surface area (Å²) >= 11 is 0. The van der Waals surface area contributed by atoms with E-state index in [2.05, 4.69) is 31.0 Å². The van der Waals surface area contributed by atoms with Gasteiger partial charge >= 0.3 is 0 Å². The third-order valence-electron chi connectivity index (χ3n) is 4.61. The van der Waals surface area contributed by atoms with Crippen LogP contribution in [0.15, 0.2) is 18.3 Å².